The van der Waals surface area contributed by atoms with Gasteiger partial charge in [-0.3, -0.25) is 0 Å². The van der Waals surface area contributed by atoms with Crippen LogP contribution in [-0.4, -0.2) is 6.54 Å². The van der Waals surface area contributed by atoms with Crippen molar-refractivity contribution < 1.29 is 0 Å². The Morgan fingerprint density at radius 1 is 1.10 bits per heavy atom. The summed E-state index contributed by atoms with van der Waals surface area (Å²) in [7, 11) is 0. The zero-order valence-electron chi connectivity index (χ0n) is 12.8. The minimum atomic E-state index is 0.429. The molecule has 0 saturated heterocycles. The second-order valence-corrected chi connectivity index (χ2v) is 6.60. The van der Waals surface area contributed by atoms with Gasteiger partial charge in [0, 0.05) is 22.2 Å². The molecule has 0 fully saturated rings. The normalized spacial score (nSPS) is 12.6. The highest BCUT2D eigenvalue weighted by molar-refractivity contribution is 7.11. The van der Waals surface area contributed by atoms with Crippen molar-refractivity contribution in [1.82, 2.24) is 5.32 Å². The molecule has 0 radical (unpaired) electrons. The standard InChI is InChI=1S/C18H25NS/c1-4-11-19-18(15-8-6-7-14(3)12-15)13-17-10-9-16(5-2)20-17/h6-10,12,18-19H,4-5,11,13H2,1-3H3. The summed E-state index contributed by atoms with van der Waals surface area (Å²) in [6.45, 7) is 7.69. The van der Waals surface area contributed by atoms with E-state index in [1.54, 1.807) is 0 Å². The first-order valence-electron chi connectivity index (χ1n) is 7.60. The molecule has 0 saturated carbocycles. The van der Waals surface area contributed by atoms with Crippen molar-refractivity contribution in [3.63, 3.8) is 0 Å². The van der Waals surface area contributed by atoms with E-state index in [0.29, 0.717) is 6.04 Å². The summed E-state index contributed by atoms with van der Waals surface area (Å²) >= 11 is 1.95. The van der Waals surface area contributed by atoms with Crippen molar-refractivity contribution in [2.45, 2.75) is 46.1 Å². The number of rotatable bonds is 7. The van der Waals surface area contributed by atoms with Crippen LogP contribution in [0, 0.1) is 6.92 Å². The van der Waals surface area contributed by atoms with Gasteiger partial charge in [0.05, 0.1) is 0 Å². The summed E-state index contributed by atoms with van der Waals surface area (Å²) in [6.07, 6.45) is 3.41. The summed E-state index contributed by atoms with van der Waals surface area (Å²) in [5.74, 6) is 0. The van der Waals surface area contributed by atoms with Crippen LogP contribution in [0.3, 0.4) is 0 Å². The van der Waals surface area contributed by atoms with Crippen molar-refractivity contribution in [2.24, 2.45) is 0 Å². The Balaban J connectivity index is 2.14. The largest absolute Gasteiger partial charge is 0.310 e. The van der Waals surface area contributed by atoms with Crippen LogP contribution in [0.5, 0.6) is 0 Å². The van der Waals surface area contributed by atoms with E-state index >= 15 is 0 Å². The molecule has 1 heterocycles. The third-order valence-electron chi connectivity index (χ3n) is 3.56. The Labute approximate surface area is 127 Å². The molecule has 1 unspecified atom stereocenters. The molecule has 0 aliphatic heterocycles. The van der Waals surface area contributed by atoms with Crippen LogP contribution in [-0.2, 0) is 12.8 Å². The van der Waals surface area contributed by atoms with Gasteiger partial charge in [0.2, 0.25) is 0 Å². The third-order valence-corrected chi connectivity index (χ3v) is 4.81. The van der Waals surface area contributed by atoms with Crippen molar-refractivity contribution in [3.05, 3.63) is 57.3 Å². The molecule has 20 heavy (non-hydrogen) atoms. The number of thiophene rings is 1. The van der Waals surface area contributed by atoms with E-state index in [1.807, 2.05) is 11.3 Å². The summed E-state index contributed by atoms with van der Waals surface area (Å²) in [6, 6.07) is 13.9. The first-order valence-corrected chi connectivity index (χ1v) is 8.42. The number of hydrogen-bond donors (Lipinski definition) is 1. The minimum Gasteiger partial charge on any atom is -0.310 e. The molecule has 1 N–H and O–H groups in total. The molecule has 0 aliphatic carbocycles. The van der Waals surface area contributed by atoms with E-state index in [-0.39, 0.29) is 0 Å². The minimum absolute atomic E-state index is 0.429. The summed E-state index contributed by atoms with van der Waals surface area (Å²) in [4.78, 5) is 2.97. The van der Waals surface area contributed by atoms with E-state index in [2.05, 4.69) is 62.5 Å². The molecule has 1 aromatic carbocycles. The lowest BCUT2D eigenvalue weighted by Crippen LogP contribution is -2.23. The second-order valence-electron chi connectivity index (χ2n) is 5.35. The van der Waals surface area contributed by atoms with Gasteiger partial charge in [0.1, 0.15) is 0 Å². The van der Waals surface area contributed by atoms with Gasteiger partial charge in [-0.05, 0) is 44.0 Å². The predicted molar refractivity (Wildman–Crippen MR) is 89.6 cm³/mol. The van der Waals surface area contributed by atoms with Crippen LogP contribution in [0.2, 0.25) is 0 Å². The highest BCUT2D eigenvalue weighted by Crippen LogP contribution is 2.24. The molecule has 1 aromatic heterocycles. The van der Waals surface area contributed by atoms with Crippen molar-refractivity contribution >= 4 is 11.3 Å². The quantitative estimate of drug-likeness (QED) is 0.763. The lowest BCUT2D eigenvalue weighted by molar-refractivity contribution is 0.532. The fourth-order valence-corrected chi connectivity index (χ4v) is 3.44. The van der Waals surface area contributed by atoms with Crippen molar-refractivity contribution in [2.75, 3.05) is 6.54 Å². The van der Waals surface area contributed by atoms with Crippen molar-refractivity contribution in [1.29, 1.82) is 0 Å². The van der Waals surface area contributed by atoms with Gasteiger partial charge in [-0.15, -0.1) is 11.3 Å². The first kappa shape index (κ1) is 15.3. The van der Waals surface area contributed by atoms with Gasteiger partial charge in [-0.25, -0.2) is 0 Å². The lowest BCUT2D eigenvalue weighted by Gasteiger charge is -2.19. The van der Waals surface area contributed by atoms with Crippen LogP contribution in [0.1, 0.15) is 47.2 Å². The molecule has 2 heteroatoms. The number of nitrogens with one attached hydrogen (secondary N) is 1. The molecule has 1 nitrogen and oxygen atoms in total. The molecule has 2 rings (SSSR count). The fourth-order valence-electron chi connectivity index (χ4n) is 2.44. The average Bonchev–Trinajstić information content (AvgIpc) is 2.91. The lowest BCUT2D eigenvalue weighted by atomic mass is 10.0. The van der Waals surface area contributed by atoms with E-state index in [1.165, 1.54) is 27.3 Å². The summed E-state index contributed by atoms with van der Waals surface area (Å²) in [5.41, 5.74) is 2.75. The van der Waals surface area contributed by atoms with E-state index < -0.39 is 0 Å². The molecule has 0 spiro atoms. The van der Waals surface area contributed by atoms with Crippen LogP contribution in [0.4, 0.5) is 0 Å². The second kappa shape index (κ2) is 7.61. The molecule has 0 aliphatic rings. The third kappa shape index (κ3) is 4.19. The Morgan fingerprint density at radius 2 is 1.90 bits per heavy atom. The van der Waals surface area contributed by atoms with Gasteiger partial charge in [0.25, 0.3) is 0 Å². The van der Waals surface area contributed by atoms with Gasteiger partial charge in [-0.1, -0.05) is 43.7 Å². The molecule has 0 bridgehead atoms. The van der Waals surface area contributed by atoms with Gasteiger partial charge < -0.3 is 5.32 Å². The van der Waals surface area contributed by atoms with Crippen LogP contribution >= 0.6 is 11.3 Å². The zero-order valence-corrected chi connectivity index (χ0v) is 13.6. The van der Waals surface area contributed by atoms with Gasteiger partial charge >= 0.3 is 0 Å². The fraction of sp³-hybridized carbons (Fsp3) is 0.444. The maximum absolute atomic E-state index is 3.70. The topological polar surface area (TPSA) is 12.0 Å². The van der Waals surface area contributed by atoms with Gasteiger partial charge in [-0.2, -0.15) is 0 Å². The highest BCUT2D eigenvalue weighted by atomic mass is 32.1. The van der Waals surface area contributed by atoms with E-state index in [9.17, 15) is 0 Å². The maximum atomic E-state index is 3.70. The number of aryl methyl sites for hydroxylation is 2. The predicted octanol–water partition coefficient (Wildman–Crippen LogP) is 4.90. The molecule has 1 atom stereocenters. The van der Waals surface area contributed by atoms with Crippen molar-refractivity contribution in [3.8, 4) is 0 Å². The SMILES string of the molecule is CCCNC(Cc1ccc(CC)s1)c1cccc(C)c1. The van der Waals surface area contributed by atoms with Crippen LogP contribution in [0.15, 0.2) is 36.4 Å². The van der Waals surface area contributed by atoms with E-state index in [0.717, 1.165) is 19.4 Å². The Kier molecular flexibility index (Phi) is 5.81. The smallest absolute Gasteiger partial charge is 0.0368 e. The molecule has 2 aromatic rings. The first-order chi connectivity index (χ1) is 9.72. The van der Waals surface area contributed by atoms with Crippen LogP contribution in [0.25, 0.3) is 0 Å². The van der Waals surface area contributed by atoms with E-state index in [4.69, 9.17) is 0 Å². The van der Waals surface area contributed by atoms with Gasteiger partial charge in [0.15, 0.2) is 0 Å². The highest BCUT2D eigenvalue weighted by Gasteiger charge is 2.13. The summed E-state index contributed by atoms with van der Waals surface area (Å²) in [5, 5.41) is 3.70. The zero-order chi connectivity index (χ0) is 14.4. The molecular formula is C18H25NS. The molecule has 108 valence electrons. The summed E-state index contributed by atoms with van der Waals surface area (Å²) < 4.78 is 0. The Morgan fingerprint density at radius 3 is 2.55 bits per heavy atom. The Bertz CT molecular complexity index is 530. The average molecular weight is 287 g/mol. The number of benzene rings is 1. The van der Waals surface area contributed by atoms with Crippen LogP contribution < -0.4 is 5.32 Å². The monoisotopic (exact) mass is 287 g/mol. The molecule has 0 amide bonds. The Hall–Kier alpha value is -1.12. The molecular weight excluding hydrogens is 262 g/mol. The maximum Gasteiger partial charge on any atom is 0.0368 e. The number of hydrogen-bond acceptors (Lipinski definition) is 2.